The van der Waals surface area contributed by atoms with Crippen molar-refractivity contribution < 1.29 is 9.59 Å². The van der Waals surface area contributed by atoms with E-state index in [1.54, 1.807) is 0 Å². The van der Waals surface area contributed by atoms with Gasteiger partial charge in [-0.05, 0) is 24.6 Å². The van der Waals surface area contributed by atoms with Crippen molar-refractivity contribution in [2.24, 2.45) is 0 Å². The van der Waals surface area contributed by atoms with Gasteiger partial charge in [-0.25, -0.2) is 0 Å². The van der Waals surface area contributed by atoms with Crippen LogP contribution in [0.15, 0.2) is 54.6 Å². The predicted octanol–water partition coefficient (Wildman–Crippen LogP) is 2.68. The average molecular weight is 296 g/mol. The molecule has 0 unspecified atom stereocenters. The van der Waals surface area contributed by atoms with E-state index < -0.39 is 6.04 Å². The van der Waals surface area contributed by atoms with Crippen LogP contribution in [-0.2, 0) is 16.0 Å². The number of hydrogen-bond donors (Lipinski definition) is 2. The molecule has 0 aliphatic rings. The second kappa shape index (κ2) is 7.41. The largest absolute Gasteiger partial charge is 0.344 e. The van der Waals surface area contributed by atoms with Crippen LogP contribution in [0.2, 0.25) is 0 Å². The second-order valence-corrected chi connectivity index (χ2v) is 5.30. The third-order valence-corrected chi connectivity index (χ3v) is 3.30. The van der Waals surface area contributed by atoms with Gasteiger partial charge < -0.3 is 10.6 Å². The first-order chi connectivity index (χ1) is 10.5. The normalized spacial score (nSPS) is 11.5. The van der Waals surface area contributed by atoms with E-state index in [0.717, 1.165) is 16.8 Å². The Kier molecular flexibility index (Phi) is 5.31. The quantitative estimate of drug-likeness (QED) is 0.891. The van der Waals surface area contributed by atoms with Crippen LogP contribution in [0.5, 0.6) is 0 Å². The van der Waals surface area contributed by atoms with Crippen LogP contribution < -0.4 is 10.6 Å². The molecule has 114 valence electrons. The van der Waals surface area contributed by atoms with Crippen molar-refractivity contribution in [3.63, 3.8) is 0 Å². The summed E-state index contributed by atoms with van der Waals surface area (Å²) in [5.41, 5.74) is 2.85. The summed E-state index contributed by atoms with van der Waals surface area (Å²) in [6.45, 7) is 3.40. The molecular formula is C18H20N2O2. The Bertz CT molecular complexity index is 636. The molecule has 2 N–H and O–H groups in total. The van der Waals surface area contributed by atoms with E-state index in [0.29, 0.717) is 6.42 Å². The smallest absolute Gasteiger partial charge is 0.247 e. The summed E-state index contributed by atoms with van der Waals surface area (Å²) in [4.78, 5) is 23.8. The Morgan fingerprint density at radius 3 is 2.23 bits per heavy atom. The highest BCUT2D eigenvalue weighted by Crippen LogP contribution is 2.10. The molecule has 0 fully saturated rings. The van der Waals surface area contributed by atoms with Crippen LogP contribution in [-0.4, -0.2) is 17.9 Å². The molecule has 2 aromatic carbocycles. The third-order valence-electron chi connectivity index (χ3n) is 3.30. The maximum atomic E-state index is 12.4. The van der Waals surface area contributed by atoms with Crippen molar-refractivity contribution in [2.75, 3.05) is 5.32 Å². The summed E-state index contributed by atoms with van der Waals surface area (Å²) in [7, 11) is 0. The van der Waals surface area contributed by atoms with Gasteiger partial charge in [0.05, 0.1) is 0 Å². The van der Waals surface area contributed by atoms with Gasteiger partial charge in [0.15, 0.2) is 0 Å². The lowest BCUT2D eigenvalue weighted by molar-refractivity contribution is -0.125. The summed E-state index contributed by atoms with van der Waals surface area (Å²) >= 11 is 0. The van der Waals surface area contributed by atoms with E-state index in [9.17, 15) is 9.59 Å². The van der Waals surface area contributed by atoms with Crippen molar-refractivity contribution in [1.29, 1.82) is 0 Å². The zero-order valence-electron chi connectivity index (χ0n) is 12.8. The fraction of sp³-hybridized carbons (Fsp3) is 0.222. The van der Waals surface area contributed by atoms with Crippen LogP contribution in [0.25, 0.3) is 0 Å². The summed E-state index contributed by atoms with van der Waals surface area (Å²) in [6.07, 6.45) is 0.456. The van der Waals surface area contributed by atoms with Crippen molar-refractivity contribution in [1.82, 2.24) is 5.32 Å². The van der Waals surface area contributed by atoms with Gasteiger partial charge in [0.2, 0.25) is 11.8 Å². The Hall–Kier alpha value is -2.62. The van der Waals surface area contributed by atoms with E-state index in [4.69, 9.17) is 0 Å². The van der Waals surface area contributed by atoms with Crippen LogP contribution in [0.1, 0.15) is 18.1 Å². The Morgan fingerprint density at radius 2 is 1.64 bits per heavy atom. The number of carbonyl (C=O) groups excluding carboxylic acids is 2. The lowest BCUT2D eigenvalue weighted by Gasteiger charge is -2.18. The fourth-order valence-electron chi connectivity index (χ4n) is 2.17. The molecule has 0 saturated heterocycles. The average Bonchev–Trinajstić information content (AvgIpc) is 2.49. The van der Waals surface area contributed by atoms with Gasteiger partial charge in [-0.3, -0.25) is 9.59 Å². The predicted molar refractivity (Wildman–Crippen MR) is 87.6 cm³/mol. The van der Waals surface area contributed by atoms with Gasteiger partial charge >= 0.3 is 0 Å². The van der Waals surface area contributed by atoms with Gasteiger partial charge in [-0.15, -0.1) is 0 Å². The molecule has 0 aliphatic heterocycles. The van der Waals surface area contributed by atoms with Crippen molar-refractivity contribution in [2.45, 2.75) is 26.3 Å². The van der Waals surface area contributed by atoms with Gasteiger partial charge in [-0.2, -0.15) is 0 Å². The summed E-state index contributed by atoms with van der Waals surface area (Å²) in [6, 6.07) is 16.6. The molecule has 22 heavy (non-hydrogen) atoms. The first-order valence-electron chi connectivity index (χ1n) is 7.23. The maximum absolute atomic E-state index is 12.4. The standard InChI is InChI=1S/C18H20N2O2/c1-13-8-10-16(11-9-13)20-18(22)17(19-14(2)21)12-15-6-4-3-5-7-15/h3-11,17H,12H2,1-2H3,(H,19,21)(H,20,22)/t17-/m1/s1. The zero-order valence-corrected chi connectivity index (χ0v) is 12.8. The molecule has 0 aliphatic carbocycles. The minimum Gasteiger partial charge on any atom is -0.344 e. The number of anilines is 1. The summed E-state index contributed by atoms with van der Waals surface area (Å²) in [5.74, 6) is -0.442. The number of aryl methyl sites for hydroxylation is 1. The lowest BCUT2D eigenvalue weighted by atomic mass is 10.0. The Labute approximate surface area is 130 Å². The van der Waals surface area contributed by atoms with Crippen LogP contribution >= 0.6 is 0 Å². The first-order valence-corrected chi connectivity index (χ1v) is 7.23. The highest BCUT2D eigenvalue weighted by molar-refractivity contribution is 5.97. The molecule has 0 saturated carbocycles. The molecule has 2 aromatic rings. The third kappa shape index (κ3) is 4.74. The highest BCUT2D eigenvalue weighted by Gasteiger charge is 2.20. The van der Waals surface area contributed by atoms with E-state index >= 15 is 0 Å². The minimum absolute atomic E-state index is 0.220. The number of carbonyl (C=O) groups is 2. The molecule has 4 nitrogen and oxygen atoms in total. The van der Waals surface area contributed by atoms with E-state index in [-0.39, 0.29) is 11.8 Å². The molecule has 4 heteroatoms. The molecule has 0 spiro atoms. The van der Waals surface area contributed by atoms with Crippen molar-refractivity contribution in [3.05, 3.63) is 65.7 Å². The topological polar surface area (TPSA) is 58.2 Å². The molecule has 0 heterocycles. The van der Waals surface area contributed by atoms with Gasteiger partial charge in [0.1, 0.15) is 6.04 Å². The summed E-state index contributed by atoms with van der Waals surface area (Å²) in [5, 5.41) is 5.55. The fourth-order valence-corrected chi connectivity index (χ4v) is 2.17. The highest BCUT2D eigenvalue weighted by atomic mass is 16.2. The number of nitrogens with one attached hydrogen (secondary N) is 2. The second-order valence-electron chi connectivity index (χ2n) is 5.30. The Morgan fingerprint density at radius 1 is 1.00 bits per heavy atom. The van der Waals surface area contributed by atoms with Crippen LogP contribution in [0.4, 0.5) is 5.69 Å². The van der Waals surface area contributed by atoms with Gasteiger partial charge in [-0.1, -0.05) is 48.0 Å². The van der Waals surface area contributed by atoms with Gasteiger partial charge in [0.25, 0.3) is 0 Å². The molecule has 0 bridgehead atoms. The SMILES string of the molecule is CC(=O)N[C@H](Cc1ccccc1)C(=O)Nc1ccc(C)cc1. The zero-order chi connectivity index (χ0) is 15.9. The van der Waals surface area contributed by atoms with Crippen LogP contribution in [0, 0.1) is 6.92 Å². The molecule has 0 radical (unpaired) electrons. The van der Waals surface area contributed by atoms with Crippen LogP contribution in [0.3, 0.4) is 0 Å². The first kappa shape index (κ1) is 15.8. The van der Waals surface area contributed by atoms with E-state index in [1.807, 2.05) is 61.5 Å². The van der Waals surface area contributed by atoms with Crippen molar-refractivity contribution >= 4 is 17.5 Å². The molecule has 2 amide bonds. The lowest BCUT2D eigenvalue weighted by Crippen LogP contribution is -2.44. The van der Waals surface area contributed by atoms with Crippen molar-refractivity contribution in [3.8, 4) is 0 Å². The number of rotatable bonds is 5. The van der Waals surface area contributed by atoms with E-state index in [1.165, 1.54) is 6.92 Å². The van der Waals surface area contributed by atoms with E-state index in [2.05, 4.69) is 10.6 Å². The monoisotopic (exact) mass is 296 g/mol. The molecule has 1 atom stereocenters. The van der Waals surface area contributed by atoms with Gasteiger partial charge in [0, 0.05) is 19.0 Å². The maximum Gasteiger partial charge on any atom is 0.247 e. The Balaban J connectivity index is 2.08. The number of amides is 2. The molecule has 2 rings (SSSR count). The molecular weight excluding hydrogens is 276 g/mol. The summed E-state index contributed by atoms with van der Waals surface area (Å²) < 4.78 is 0. The number of hydrogen-bond acceptors (Lipinski definition) is 2. The number of benzene rings is 2. The molecule has 0 aromatic heterocycles. The minimum atomic E-state index is -0.596.